The van der Waals surface area contributed by atoms with Gasteiger partial charge in [-0.1, -0.05) is 36.4 Å². The molecule has 2 fully saturated rings. The molecule has 1 N–H and O–H groups in total. The number of carbonyl (C=O) groups excluding carboxylic acids is 1. The molecular weight excluding hydrogens is 324 g/mol. The molecule has 0 spiro atoms. The summed E-state index contributed by atoms with van der Waals surface area (Å²) in [7, 11) is 0. The zero-order valence-electron chi connectivity index (χ0n) is 13.6. The summed E-state index contributed by atoms with van der Waals surface area (Å²) >= 11 is 0. The summed E-state index contributed by atoms with van der Waals surface area (Å²) in [6.07, 6.45) is 3.29. The van der Waals surface area contributed by atoms with Crippen molar-refractivity contribution in [2.75, 3.05) is 19.7 Å². The van der Waals surface area contributed by atoms with Crippen LogP contribution in [0.2, 0.25) is 0 Å². The molecule has 2 aliphatic rings. The molecule has 2 heterocycles. The van der Waals surface area contributed by atoms with E-state index in [-0.39, 0.29) is 24.9 Å². The fourth-order valence-electron chi connectivity index (χ4n) is 3.93. The number of halogens is 1. The Morgan fingerprint density at radius 1 is 1.08 bits per heavy atom. The molecule has 2 bridgehead atoms. The second kappa shape index (κ2) is 7.41. The number of rotatable bonds is 3. The Morgan fingerprint density at radius 3 is 2.79 bits per heavy atom. The molecule has 2 aliphatic heterocycles. The van der Waals surface area contributed by atoms with E-state index in [2.05, 4.69) is 22.3 Å². The van der Waals surface area contributed by atoms with E-state index in [9.17, 15) is 4.79 Å². The standard InChI is InChI=1S/C19H22N2O2.ClH/c22-19(21-15-8-9-16(21)12-20-11-10-15)13-23-18-7-3-5-14-4-1-2-6-17(14)18;/h1-7,15-16,20H,8-13H2;1H. The largest absolute Gasteiger partial charge is 0.483 e. The SMILES string of the molecule is Cl.O=C(COc1cccc2ccccc12)N1C2CCNCC1CC2. The molecule has 2 aromatic carbocycles. The highest BCUT2D eigenvalue weighted by atomic mass is 35.5. The number of benzene rings is 2. The summed E-state index contributed by atoms with van der Waals surface area (Å²) in [5.74, 6) is 0.908. The minimum Gasteiger partial charge on any atom is -0.483 e. The third-order valence-electron chi connectivity index (χ3n) is 5.04. The van der Waals surface area contributed by atoms with Gasteiger partial charge in [0.1, 0.15) is 5.75 Å². The van der Waals surface area contributed by atoms with Gasteiger partial charge < -0.3 is 15.0 Å². The van der Waals surface area contributed by atoms with Crippen molar-refractivity contribution in [2.24, 2.45) is 0 Å². The fraction of sp³-hybridized carbons (Fsp3) is 0.421. The monoisotopic (exact) mass is 346 g/mol. The first-order chi connectivity index (χ1) is 11.3. The van der Waals surface area contributed by atoms with Crippen LogP contribution >= 0.6 is 12.4 Å². The number of carbonyl (C=O) groups is 1. The van der Waals surface area contributed by atoms with E-state index in [4.69, 9.17) is 4.74 Å². The summed E-state index contributed by atoms with van der Waals surface area (Å²) in [5, 5.41) is 5.62. The van der Waals surface area contributed by atoms with Crippen molar-refractivity contribution >= 4 is 29.1 Å². The lowest BCUT2D eigenvalue weighted by atomic mass is 10.1. The van der Waals surface area contributed by atoms with Crippen molar-refractivity contribution in [3.63, 3.8) is 0 Å². The Bertz CT molecular complexity index is 702. The number of ether oxygens (including phenoxy) is 1. The lowest BCUT2D eigenvalue weighted by molar-refractivity contribution is -0.135. The normalized spacial score (nSPS) is 22.8. The van der Waals surface area contributed by atoms with Crippen molar-refractivity contribution in [3.8, 4) is 5.75 Å². The molecule has 5 heteroatoms. The van der Waals surface area contributed by atoms with Crippen LogP contribution in [-0.2, 0) is 4.79 Å². The van der Waals surface area contributed by atoms with Gasteiger partial charge in [-0.25, -0.2) is 0 Å². The Kier molecular flexibility index (Phi) is 5.27. The zero-order chi connectivity index (χ0) is 15.6. The van der Waals surface area contributed by atoms with Crippen molar-refractivity contribution in [2.45, 2.75) is 31.3 Å². The smallest absolute Gasteiger partial charge is 0.261 e. The summed E-state index contributed by atoms with van der Waals surface area (Å²) in [5.41, 5.74) is 0. The van der Waals surface area contributed by atoms with Gasteiger partial charge in [0.15, 0.2) is 6.61 Å². The highest BCUT2D eigenvalue weighted by Crippen LogP contribution is 2.29. The maximum absolute atomic E-state index is 12.7. The molecule has 0 radical (unpaired) electrons. The molecule has 0 aliphatic carbocycles. The van der Waals surface area contributed by atoms with Crippen LogP contribution in [0.1, 0.15) is 19.3 Å². The van der Waals surface area contributed by atoms with Gasteiger partial charge in [-0.05, 0) is 37.3 Å². The average Bonchev–Trinajstić information content (AvgIpc) is 2.85. The third-order valence-corrected chi connectivity index (χ3v) is 5.04. The third kappa shape index (κ3) is 3.21. The van der Waals surface area contributed by atoms with Crippen LogP contribution in [0.3, 0.4) is 0 Å². The molecule has 0 aromatic heterocycles. The predicted octanol–water partition coefficient (Wildman–Crippen LogP) is 2.99. The van der Waals surface area contributed by atoms with Gasteiger partial charge >= 0.3 is 0 Å². The molecule has 1 amide bonds. The molecule has 128 valence electrons. The van der Waals surface area contributed by atoms with Crippen LogP contribution in [0, 0.1) is 0 Å². The molecule has 2 atom stereocenters. The van der Waals surface area contributed by atoms with Gasteiger partial charge in [-0.3, -0.25) is 4.79 Å². The minimum absolute atomic E-state index is 0. The lowest BCUT2D eigenvalue weighted by Crippen LogP contribution is -2.44. The fourth-order valence-corrected chi connectivity index (χ4v) is 3.93. The number of nitrogens with zero attached hydrogens (tertiary/aromatic N) is 1. The molecular formula is C19H23ClN2O2. The summed E-state index contributed by atoms with van der Waals surface area (Å²) < 4.78 is 5.89. The Hall–Kier alpha value is -1.78. The Labute approximate surface area is 148 Å². The number of amides is 1. The van der Waals surface area contributed by atoms with Gasteiger partial charge in [-0.15, -0.1) is 12.4 Å². The zero-order valence-corrected chi connectivity index (χ0v) is 14.4. The van der Waals surface area contributed by atoms with Crippen LogP contribution in [0.15, 0.2) is 42.5 Å². The second-order valence-corrected chi connectivity index (χ2v) is 6.44. The van der Waals surface area contributed by atoms with E-state index in [0.29, 0.717) is 12.1 Å². The quantitative estimate of drug-likeness (QED) is 0.929. The maximum Gasteiger partial charge on any atom is 0.261 e. The van der Waals surface area contributed by atoms with Gasteiger partial charge in [-0.2, -0.15) is 0 Å². The van der Waals surface area contributed by atoms with Gasteiger partial charge in [0.2, 0.25) is 0 Å². The summed E-state index contributed by atoms with van der Waals surface area (Å²) in [6, 6.07) is 14.8. The van der Waals surface area contributed by atoms with E-state index < -0.39 is 0 Å². The first-order valence-electron chi connectivity index (χ1n) is 8.45. The number of fused-ring (bicyclic) bond motifs is 3. The number of hydrogen-bond donors (Lipinski definition) is 1. The van der Waals surface area contributed by atoms with Crippen LogP contribution < -0.4 is 10.1 Å². The Morgan fingerprint density at radius 2 is 1.88 bits per heavy atom. The van der Waals surface area contributed by atoms with Crippen molar-refractivity contribution in [3.05, 3.63) is 42.5 Å². The topological polar surface area (TPSA) is 41.6 Å². The molecule has 2 saturated heterocycles. The van der Waals surface area contributed by atoms with E-state index >= 15 is 0 Å². The maximum atomic E-state index is 12.7. The molecule has 2 aromatic rings. The number of nitrogens with one attached hydrogen (secondary N) is 1. The first kappa shape index (κ1) is 17.1. The van der Waals surface area contributed by atoms with Crippen molar-refractivity contribution in [1.29, 1.82) is 0 Å². The average molecular weight is 347 g/mol. The van der Waals surface area contributed by atoms with Gasteiger partial charge in [0.05, 0.1) is 0 Å². The van der Waals surface area contributed by atoms with Gasteiger partial charge in [0, 0.05) is 24.0 Å². The van der Waals surface area contributed by atoms with Crippen LogP contribution in [0.5, 0.6) is 5.75 Å². The van der Waals surface area contributed by atoms with Crippen molar-refractivity contribution in [1.82, 2.24) is 10.2 Å². The molecule has 2 unspecified atom stereocenters. The highest BCUT2D eigenvalue weighted by Gasteiger charge is 2.37. The minimum atomic E-state index is 0. The lowest BCUT2D eigenvalue weighted by Gasteiger charge is -2.27. The molecule has 0 saturated carbocycles. The van der Waals surface area contributed by atoms with Crippen LogP contribution in [0.25, 0.3) is 10.8 Å². The second-order valence-electron chi connectivity index (χ2n) is 6.44. The van der Waals surface area contributed by atoms with E-state index in [1.807, 2.05) is 30.3 Å². The molecule has 4 rings (SSSR count). The van der Waals surface area contributed by atoms with Gasteiger partial charge in [0.25, 0.3) is 5.91 Å². The number of hydrogen-bond acceptors (Lipinski definition) is 3. The highest BCUT2D eigenvalue weighted by molar-refractivity contribution is 5.88. The van der Waals surface area contributed by atoms with Crippen LogP contribution in [0.4, 0.5) is 0 Å². The molecule has 24 heavy (non-hydrogen) atoms. The van der Waals surface area contributed by atoms with E-state index in [1.54, 1.807) is 0 Å². The van der Waals surface area contributed by atoms with Crippen molar-refractivity contribution < 1.29 is 9.53 Å². The Balaban J connectivity index is 0.00000169. The summed E-state index contributed by atoms with van der Waals surface area (Å²) in [6.45, 7) is 2.05. The van der Waals surface area contributed by atoms with E-state index in [0.717, 1.165) is 48.9 Å². The molecule has 4 nitrogen and oxygen atoms in total. The summed E-state index contributed by atoms with van der Waals surface area (Å²) in [4.78, 5) is 14.8. The van der Waals surface area contributed by atoms with Crippen LogP contribution in [-0.4, -0.2) is 42.6 Å². The first-order valence-corrected chi connectivity index (χ1v) is 8.45. The predicted molar refractivity (Wildman–Crippen MR) is 97.8 cm³/mol. The van der Waals surface area contributed by atoms with E-state index in [1.165, 1.54) is 0 Å².